The molecule has 1 aromatic carbocycles. The number of benzene rings is 1. The SMILES string of the molecule is Cc1ccc(C)c(OCC(=O)N2CCC(C(=O)NCC(C)(C)CN(C)C)CC2)c1. The van der Waals surface area contributed by atoms with Crippen molar-refractivity contribution < 1.29 is 14.3 Å². The quantitative estimate of drug-likeness (QED) is 0.725. The molecule has 1 aliphatic rings. The number of hydrogen-bond acceptors (Lipinski definition) is 4. The van der Waals surface area contributed by atoms with Crippen LogP contribution in [-0.4, -0.2) is 68.5 Å². The standard InChI is InChI=1S/C23H37N3O3/c1-17-7-8-18(2)20(13-17)29-14-21(27)26-11-9-19(10-12-26)22(28)24-15-23(3,4)16-25(5)6/h7-8,13,19H,9-12,14-16H2,1-6H3,(H,24,28). The van der Waals surface area contributed by atoms with Gasteiger partial charge in [0, 0.05) is 32.1 Å². The molecule has 0 spiro atoms. The topological polar surface area (TPSA) is 61.9 Å². The van der Waals surface area contributed by atoms with Crippen LogP contribution in [0.15, 0.2) is 18.2 Å². The van der Waals surface area contributed by atoms with E-state index in [1.54, 1.807) is 0 Å². The van der Waals surface area contributed by atoms with Gasteiger partial charge in [0.2, 0.25) is 5.91 Å². The molecule has 29 heavy (non-hydrogen) atoms. The number of carbonyl (C=O) groups is 2. The van der Waals surface area contributed by atoms with Gasteiger partial charge in [-0.05, 0) is 63.4 Å². The van der Waals surface area contributed by atoms with Crippen molar-refractivity contribution in [1.82, 2.24) is 15.1 Å². The summed E-state index contributed by atoms with van der Waals surface area (Å²) in [5, 5.41) is 3.11. The molecule has 0 saturated carbocycles. The Bertz CT molecular complexity index is 707. The first-order chi connectivity index (χ1) is 13.6. The second-order valence-electron chi connectivity index (χ2n) is 9.33. The molecule has 0 unspecified atom stereocenters. The lowest BCUT2D eigenvalue weighted by Crippen LogP contribution is -2.46. The maximum absolute atomic E-state index is 12.5. The molecular weight excluding hydrogens is 366 g/mol. The van der Waals surface area contributed by atoms with Crippen LogP contribution < -0.4 is 10.1 Å². The zero-order valence-corrected chi connectivity index (χ0v) is 18.9. The van der Waals surface area contributed by atoms with Crippen LogP contribution in [-0.2, 0) is 9.59 Å². The predicted octanol–water partition coefficient (Wildman–Crippen LogP) is 2.62. The lowest BCUT2D eigenvalue weighted by atomic mass is 9.91. The zero-order valence-electron chi connectivity index (χ0n) is 18.9. The normalized spacial score (nSPS) is 15.5. The number of amides is 2. The Morgan fingerprint density at radius 1 is 1.21 bits per heavy atom. The molecule has 1 N–H and O–H groups in total. The largest absolute Gasteiger partial charge is 0.483 e. The molecule has 1 heterocycles. The van der Waals surface area contributed by atoms with Crippen LogP contribution in [0.4, 0.5) is 0 Å². The number of carbonyl (C=O) groups excluding carboxylic acids is 2. The molecule has 1 aromatic rings. The fourth-order valence-electron chi connectivity index (χ4n) is 3.87. The third-order valence-corrected chi connectivity index (χ3v) is 5.40. The lowest BCUT2D eigenvalue weighted by Gasteiger charge is -2.33. The minimum absolute atomic E-state index is 0.0168. The lowest BCUT2D eigenvalue weighted by molar-refractivity contribution is -0.137. The highest BCUT2D eigenvalue weighted by Crippen LogP contribution is 2.21. The Labute approximate surface area is 175 Å². The Kier molecular flexibility index (Phi) is 8.08. The third kappa shape index (κ3) is 7.35. The minimum Gasteiger partial charge on any atom is -0.483 e. The zero-order chi connectivity index (χ0) is 21.6. The summed E-state index contributed by atoms with van der Waals surface area (Å²) in [5.41, 5.74) is 2.16. The summed E-state index contributed by atoms with van der Waals surface area (Å²) < 4.78 is 5.74. The molecule has 1 aliphatic heterocycles. The molecule has 0 bridgehead atoms. The molecule has 1 fully saturated rings. The van der Waals surface area contributed by atoms with Gasteiger partial charge in [-0.1, -0.05) is 26.0 Å². The van der Waals surface area contributed by atoms with Crippen molar-refractivity contribution in [2.45, 2.75) is 40.5 Å². The number of aryl methyl sites for hydroxylation is 2. The van der Waals surface area contributed by atoms with E-state index in [0.29, 0.717) is 32.5 Å². The highest BCUT2D eigenvalue weighted by molar-refractivity contribution is 5.80. The molecular formula is C23H37N3O3. The monoisotopic (exact) mass is 403 g/mol. The molecule has 6 heteroatoms. The summed E-state index contributed by atoms with van der Waals surface area (Å²) in [6.07, 6.45) is 1.41. The first-order valence-electron chi connectivity index (χ1n) is 10.5. The molecule has 2 rings (SSSR count). The van der Waals surface area contributed by atoms with E-state index < -0.39 is 0 Å². The third-order valence-electron chi connectivity index (χ3n) is 5.40. The van der Waals surface area contributed by atoms with Crippen molar-refractivity contribution in [1.29, 1.82) is 0 Å². The second-order valence-corrected chi connectivity index (χ2v) is 9.33. The number of nitrogens with one attached hydrogen (secondary N) is 1. The minimum atomic E-state index is -0.0193. The maximum Gasteiger partial charge on any atom is 0.260 e. The summed E-state index contributed by atoms with van der Waals surface area (Å²) in [5.74, 6) is 0.828. The van der Waals surface area contributed by atoms with Gasteiger partial charge in [0.15, 0.2) is 6.61 Å². The van der Waals surface area contributed by atoms with Gasteiger partial charge in [0.05, 0.1) is 0 Å². The van der Waals surface area contributed by atoms with Gasteiger partial charge in [0.25, 0.3) is 5.91 Å². The van der Waals surface area contributed by atoms with E-state index in [4.69, 9.17) is 4.74 Å². The van der Waals surface area contributed by atoms with E-state index in [0.717, 1.165) is 23.4 Å². The summed E-state index contributed by atoms with van der Waals surface area (Å²) in [7, 11) is 4.08. The Morgan fingerprint density at radius 2 is 1.86 bits per heavy atom. The number of hydrogen-bond donors (Lipinski definition) is 1. The predicted molar refractivity (Wildman–Crippen MR) is 116 cm³/mol. The summed E-state index contributed by atoms with van der Waals surface area (Å²) in [6.45, 7) is 11.1. The Balaban J connectivity index is 1.75. The van der Waals surface area contributed by atoms with Crippen LogP contribution in [0, 0.1) is 25.2 Å². The highest BCUT2D eigenvalue weighted by atomic mass is 16.5. The van der Waals surface area contributed by atoms with Gasteiger partial charge < -0.3 is 19.9 Å². The summed E-state index contributed by atoms with van der Waals surface area (Å²) >= 11 is 0. The first kappa shape index (κ1) is 23.2. The molecule has 0 aromatic heterocycles. The van der Waals surface area contributed by atoms with Gasteiger partial charge in [-0.2, -0.15) is 0 Å². The van der Waals surface area contributed by atoms with E-state index in [-0.39, 0.29) is 29.8 Å². The summed E-state index contributed by atoms with van der Waals surface area (Å²) in [4.78, 5) is 29.0. The highest BCUT2D eigenvalue weighted by Gasteiger charge is 2.29. The van der Waals surface area contributed by atoms with Gasteiger partial charge in [-0.3, -0.25) is 9.59 Å². The van der Waals surface area contributed by atoms with Crippen LogP contribution in [0.3, 0.4) is 0 Å². The number of rotatable bonds is 8. The molecule has 1 saturated heterocycles. The average molecular weight is 404 g/mol. The molecule has 2 amide bonds. The van der Waals surface area contributed by atoms with E-state index >= 15 is 0 Å². The molecule has 6 nitrogen and oxygen atoms in total. The number of ether oxygens (including phenoxy) is 1. The van der Waals surface area contributed by atoms with Crippen LogP contribution >= 0.6 is 0 Å². The van der Waals surface area contributed by atoms with Crippen LogP contribution in [0.2, 0.25) is 0 Å². The van der Waals surface area contributed by atoms with Crippen molar-refractivity contribution in [3.63, 3.8) is 0 Å². The van der Waals surface area contributed by atoms with E-state index in [9.17, 15) is 9.59 Å². The molecule has 0 radical (unpaired) electrons. The van der Waals surface area contributed by atoms with E-state index in [1.165, 1.54) is 0 Å². The van der Waals surface area contributed by atoms with Crippen molar-refractivity contribution in [2.24, 2.45) is 11.3 Å². The number of likely N-dealkylation sites (tertiary alicyclic amines) is 1. The fraction of sp³-hybridized carbons (Fsp3) is 0.652. The van der Waals surface area contributed by atoms with Crippen LogP contribution in [0.5, 0.6) is 5.75 Å². The van der Waals surface area contributed by atoms with E-state index in [1.807, 2.05) is 51.0 Å². The Hall–Kier alpha value is -2.08. The van der Waals surface area contributed by atoms with Crippen molar-refractivity contribution in [2.75, 3.05) is 46.9 Å². The van der Waals surface area contributed by atoms with Crippen molar-refractivity contribution >= 4 is 11.8 Å². The number of piperidine rings is 1. The maximum atomic E-state index is 12.5. The van der Waals surface area contributed by atoms with Gasteiger partial charge in [0.1, 0.15) is 5.75 Å². The fourth-order valence-corrected chi connectivity index (χ4v) is 3.87. The van der Waals surface area contributed by atoms with Gasteiger partial charge in [-0.25, -0.2) is 0 Å². The van der Waals surface area contributed by atoms with Gasteiger partial charge in [-0.15, -0.1) is 0 Å². The van der Waals surface area contributed by atoms with Crippen molar-refractivity contribution in [3.8, 4) is 5.75 Å². The smallest absolute Gasteiger partial charge is 0.260 e. The van der Waals surface area contributed by atoms with E-state index in [2.05, 4.69) is 24.1 Å². The average Bonchev–Trinajstić information content (AvgIpc) is 2.65. The van der Waals surface area contributed by atoms with Crippen LogP contribution in [0.25, 0.3) is 0 Å². The summed E-state index contributed by atoms with van der Waals surface area (Å²) in [6, 6.07) is 5.98. The molecule has 0 aliphatic carbocycles. The Morgan fingerprint density at radius 3 is 2.48 bits per heavy atom. The second kappa shape index (κ2) is 10.1. The van der Waals surface area contributed by atoms with Crippen molar-refractivity contribution in [3.05, 3.63) is 29.3 Å². The van der Waals surface area contributed by atoms with Gasteiger partial charge >= 0.3 is 0 Å². The van der Waals surface area contributed by atoms with Crippen LogP contribution in [0.1, 0.15) is 37.8 Å². The molecule has 0 atom stereocenters. The first-order valence-corrected chi connectivity index (χ1v) is 10.5. The number of nitrogens with zero attached hydrogens (tertiary/aromatic N) is 2. The molecule has 162 valence electrons.